The predicted octanol–water partition coefficient (Wildman–Crippen LogP) is 0.686. The van der Waals surface area contributed by atoms with Crippen LogP contribution in [0, 0.1) is 11.8 Å². The first-order valence-electron chi connectivity index (χ1n) is 3.33. The number of hydrogen-bond donors (Lipinski definition) is 1. The number of aliphatic carboxylic acids is 1. The van der Waals surface area contributed by atoms with E-state index in [0.29, 0.717) is 12.8 Å². The van der Waals surface area contributed by atoms with E-state index in [-0.39, 0.29) is 17.6 Å². The van der Waals surface area contributed by atoms with Crippen molar-refractivity contribution in [1.82, 2.24) is 0 Å². The molecule has 1 saturated carbocycles. The van der Waals surface area contributed by atoms with Gasteiger partial charge in [-0.1, -0.05) is 0 Å². The quantitative estimate of drug-likeness (QED) is 0.630. The molecule has 1 rings (SSSR count). The first-order chi connectivity index (χ1) is 4.61. The first-order valence-corrected chi connectivity index (χ1v) is 3.33. The Bertz CT molecular complexity index is 174. The topological polar surface area (TPSA) is 54.4 Å². The summed E-state index contributed by atoms with van der Waals surface area (Å²) < 4.78 is 0. The molecular formula is C7H10O3. The van der Waals surface area contributed by atoms with E-state index in [0.717, 1.165) is 0 Å². The Balaban J connectivity index is 2.26. The van der Waals surface area contributed by atoms with Gasteiger partial charge in [-0.3, -0.25) is 4.79 Å². The standard InChI is InChI=1S/C7H10O3/c1-4(8)2-5-3-6(5)7(9)10/h5-6H,2-3H2,1H3,(H,9,10). The van der Waals surface area contributed by atoms with E-state index in [9.17, 15) is 9.59 Å². The van der Waals surface area contributed by atoms with Gasteiger partial charge in [0.2, 0.25) is 0 Å². The Morgan fingerprint density at radius 1 is 1.60 bits per heavy atom. The van der Waals surface area contributed by atoms with Gasteiger partial charge in [-0.2, -0.15) is 0 Å². The van der Waals surface area contributed by atoms with Crippen molar-refractivity contribution in [3.63, 3.8) is 0 Å². The van der Waals surface area contributed by atoms with Crippen molar-refractivity contribution >= 4 is 11.8 Å². The van der Waals surface area contributed by atoms with Gasteiger partial charge in [0.15, 0.2) is 0 Å². The minimum Gasteiger partial charge on any atom is -0.481 e. The molecule has 0 radical (unpaired) electrons. The molecule has 2 atom stereocenters. The number of carbonyl (C=O) groups excluding carboxylic acids is 1. The van der Waals surface area contributed by atoms with Gasteiger partial charge in [-0.15, -0.1) is 0 Å². The summed E-state index contributed by atoms with van der Waals surface area (Å²) in [6.07, 6.45) is 1.13. The third-order valence-corrected chi connectivity index (χ3v) is 1.79. The van der Waals surface area contributed by atoms with Crippen molar-refractivity contribution in [3.8, 4) is 0 Å². The number of hydrogen-bond acceptors (Lipinski definition) is 2. The largest absolute Gasteiger partial charge is 0.481 e. The summed E-state index contributed by atoms with van der Waals surface area (Å²) in [5, 5.41) is 8.43. The second-order valence-corrected chi connectivity index (χ2v) is 2.85. The molecule has 0 aromatic heterocycles. The first kappa shape index (κ1) is 7.25. The molecule has 3 nitrogen and oxygen atoms in total. The molecule has 56 valence electrons. The highest BCUT2D eigenvalue weighted by molar-refractivity contribution is 5.79. The molecule has 3 heteroatoms. The third-order valence-electron chi connectivity index (χ3n) is 1.79. The molecule has 0 saturated heterocycles. The van der Waals surface area contributed by atoms with Gasteiger partial charge in [0, 0.05) is 6.42 Å². The van der Waals surface area contributed by atoms with Crippen LogP contribution in [0.25, 0.3) is 0 Å². The normalized spacial score (nSPS) is 29.7. The predicted molar refractivity (Wildman–Crippen MR) is 34.5 cm³/mol. The number of carbonyl (C=O) groups is 2. The molecule has 2 unspecified atom stereocenters. The van der Waals surface area contributed by atoms with Gasteiger partial charge in [0.25, 0.3) is 0 Å². The number of ketones is 1. The molecule has 0 aliphatic heterocycles. The van der Waals surface area contributed by atoms with Crippen LogP contribution in [0.5, 0.6) is 0 Å². The lowest BCUT2D eigenvalue weighted by Crippen LogP contribution is -2.01. The van der Waals surface area contributed by atoms with E-state index in [1.54, 1.807) is 0 Å². The molecule has 10 heavy (non-hydrogen) atoms. The van der Waals surface area contributed by atoms with Crippen LogP contribution in [0.15, 0.2) is 0 Å². The van der Waals surface area contributed by atoms with Crippen LogP contribution in [-0.4, -0.2) is 16.9 Å². The van der Waals surface area contributed by atoms with Gasteiger partial charge in [-0.25, -0.2) is 0 Å². The lowest BCUT2D eigenvalue weighted by atomic mass is 10.2. The SMILES string of the molecule is CC(=O)CC1CC1C(=O)O. The zero-order valence-electron chi connectivity index (χ0n) is 5.83. The van der Waals surface area contributed by atoms with Gasteiger partial charge < -0.3 is 9.90 Å². The Morgan fingerprint density at radius 3 is 2.50 bits per heavy atom. The zero-order chi connectivity index (χ0) is 7.72. The van der Waals surface area contributed by atoms with Gasteiger partial charge in [-0.05, 0) is 19.3 Å². The highest BCUT2D eigenvalue weighted by Crippen LogP contribution is 2.41. The van der Waals surface area contributed by atoms with Crippen LogP contribution in [0.2, 0.25) is 0 Å². The molecule has 0 heterocycles. The fourth-order valence-electron chi connectivity index (χ4n) is 1.14. The molecule has 1 fully saturated rings. The Kier molecular flexibility index (Phi) is 1.74. The van der Waals surface area contributed by atoms with Crippen LogP contribution in [0.4, 0.5) is 0 Å². The van der Waals surface area contributed by atoms with Gasteiger partial charge >= 0.3 is 5.97 Å². The van der Waals surface area contributed by atoms with Crippen LogP contribution < -0.4 is 0 Å². The number of rotatable bonds is 3. The average molecular weight is 142 g/mol. The van der Waals surface area contributed by atoms with Crippen LogP contribution >= 0.6 is 0 Å². The van der Waals surface area contributed by atoms with Gasteiger partial charge in [0.05, 0.1) is 5.92 Å². The molecule has 0 spiro atoms. The molecule has 1 aliphatic carbocycles. The lowest BCUT2D eigenvalue weighted by molar-refractivity contribution is -0.138. The minimum atomic E-state index is -0.758. The van der Waals surface area contributed by atoms with E-state index in [4.69, 9.17) is 5.11 Å². The highest BCUT2D eigenvalue weighted by atomic mass is 16.4. The second-order valence-electron chi connectivity index (χ2n) is 2.85. The number of carboxylic acids is 1. The Hall–Kier alpha value is -0.860. The van der Waals surface area contributed by atoms with E-state index < -0.39 is 5.97 Å². The monoisotopic (exact) mass is 142 g/mol. The fraction of sp³-hybridized carbons (Fsp3) is 0.714. The summed E-state index contributed by atoms with van der Waals surface area (Å²) in [7, 11) is 0. The van der Waals surface area contributed by atoms with E-state index in [1.165, 1.54) is 6.92 Å². The fourth-order valence-corrected chi connectivity index (χ4v) is 1.14. The van der Waals surface area contributed by atoms with Crippen molar-refractivity contribution in [2.45, 2.75) is 19.8 Å². The van der Waals surface area contributed by atoms with Crippen LogP contribution in [-0.2, 0) is 9.59 Å². The summed E-state index contributed by atoms with van der Waals surface area (Å²) in [6.45, 7) is 1.50. The summed E-state index contributed by atoms with van der Waals surface area (Å²) in [4.78, 5) is 20.7. The van der Waals surface area contributed by atoms with Crippen molar-refractivity contribution in [2.75, 3.05) is 0 Å². The summed E-state index contributed by atoms with van der Waals surface area (Å²) in [5.74, 6) is -0.765. The van der Waals surface area contributed by atoms with E-state index >= 15 is 0 Å². The van der Waals surface area contributed by atoms with Crippen molar-refractivity contribution < 1.29 is 14.7 Å². The third kappa shape index (κ3) is 1.56. The molecule has 1 aliphatic rings. The van der Waals surface area contributed by atoms with Crippen LogP contribution in [0.3, 0.4) is 0 Å². The van der Waals surface area contributed by atoms with E-state index in [1.807, 2.05) is 0 Å². The number of Topliss-reactive ketones (excluding diaryl/α,β-unsaturated/α-hetero) is 1. The molecular weight excluding hydrogens is 132 g/mol. The summed E-state index contributed by atoms with van der Waals surface area (Å²) in [6, 6.07) is 0. The van der Waals surface area contributed by atoms with E-state index in [2.05, 4.69) is 0 Å². The number of carboxylic acid groups (broad SMARTS) is 1. The van der Waals surface area contributed by atoms with Crippen molar-refractivity contribution in [3.05, 3.63) is 0 Å². The van der Waals surface area contributed by atoms with Gasteiger partial charge in [0.1, 0.15) is 5.78 Å². The average Bonchev–Trinajstić information content (AvgIpc) is 2.43. The maximum absolute atomic E-state index is 10.5. The molecule has 0 aromatic rings. The second kappa shape index (κ2) is 2.40. The zero-order valence-corrected chi connectivity index (χ0v) is 5.83. The molecule has 1 N–H and O–H groups in total. The minimum absolute atomic E-state index is 0.0914. The maximum atomic E-state index is 10.5. The smallest absolute Gasteiger partial charge is 0.306 e. The Morgan fingerprint density at radius 2 is 2.20 bits per heavy atom. The van der Waals surface area contributed by atoms with Crippen molar-refractivity contribution in [1.29, 1.82) is 0 Å². The summed E-state index contributed by atoms with van der Waals surface area (Å²) in [5.41, 5.74) is 0. The molecule has 0 aromatic carbocycles. The molecule has 0 amide bonds. The Labute approximate surface area is 59.0 Å². The van der Waals surface area contributed by atoms with Crippen LogP contribution in [0.1, 0.15) is 19.8 Å². The maximum Gasteiger partial charge on any atom is 0.306 e. The summed E-state index contributed by atoms with van der Waals surface area (Å²) >= 11 is 0. The van der Waals surface area contributed by atoms with Crippen molar-refractivity contribution in [2.24, 2.45) is 11.8 Å². The molecule has 0 bridgehead atoms. The lowest BCUT2D eigenvalue weighted by Gasteiger charge is -1.89. The highest BCUT2D eigenvalue weighted by Gasteiger charge is 2.43.